The summed E-state index contributed by atoms with van der Waals surface area (Å²) in [5.74, 6) is -2.93. The molecule has 0 fully saturated rings. The van der Waals surface area contributed by atoms with Gasteiger partial charge in [0.25, 0.3) is 0 Å². The molecule has 0 saturated heterocycles. The fourth-order valence-corrected chi connectivity index (χ4v) is 3.26. The molecule has 24 heavy (non-hydrogen) atoms. The van der Waals surface area contributed by atoms with E-state index in [9.17, 15) is 22.4 Å². The van der Waals surface area contributed by atoms with Gasteiger partial charge in [0.2, 0.25) is 15.9 Å². The average Bonchev–Trinajstić information content (AvgIpc) is 2.50. The molecule has 0 spiro atoms. The molecule has 1 rings (SSSR count). The number of carboxylic acids is 1. The Hall–Kier alpha value is -2.00. The lowest BCUT2D eigenvalue weighted by Crippen LogP contribution is -2.50. The summed E-state index contributed by atoms with van der Waals surface area (Å²) in [6.07, 6.45) is 1.60. The third kappa shape index (κ3) is 5.57. The van der Waals surface area contributed by atoms with Crippen molar-refractivity contribution in [2.24, 2.45) is 0 Å². The Kier molecular flexibility index (Phi) is 7.30. The first-order chi connectivity index (χ1) is 11.2. The van der Waals surface area contributed by atoms with Gasteiger partial charge in [0.15, 0.2) is 0 Å². The van der Waals surface area contributed by atoms with Crippen molar-refractivity contribution < 1.29 is 27.5 Å². The highest BCUT2D eigenvalue weighted by Crippen LogP contribution is 2.13. The second-order valence-electron chi connectivity index (χ2n) is 5.32. The van der Waals surface area contributed by atoms with Gasteiger partial charge in [0, 0.05) is 0 Å². The molecule has 0 bridgehead atoms. The lowest BCUT2D eigenvalue weighted by molar-refractivity contribution is -0.142. The zero-order chi connectivity index (χ0) is 18.3. The van der Waals surface area contributed by atoms with Gasteiger partial charge >= 0.3 is 5.97 Å². The third-order valence-corrected chi connectivity index (χ3v) is 4.89. The Bertz CT molecular complexity index is 693. The van der Waals surface area contributed by atoms with Crippen molar-refractivity contribution in [2.45, 2.75) is 50.1 Å². The summed E-state index contributed by atoms with van der Waals surface area (Å²) in [5.41, 5.74) is 0. The zero-order valence-electron chi connectivity index (χ0n) is 13.5. The minimum Gasteiger partial charge on any atom is -0.480 e. The Morgan fingerprint density at radius 2 is 1.92 bits per heavy atom. The molecule has 1 aromatic rings. The fourth-order valence-electron chi connectivity index (χ4n) is 1.97. The monoisotopic (exact) mass is 360 g/mol. The standard InChI is InChI=1S/C15H21FN2O5S/c1-3-4-8-12(15(20)21)17-14(19)10(2)18-24(22,23)13-9-6-5-7-11(13)16/h5-7,9-10,12,18H,3-4,8H2,1-2H3,(H,17,19)(H,20,21). The van der Waals surface area contributed by atoms with Crippen LogP contribution >= 0.6 is 0 Å². The van der Waals surface area contributed by atoms with E-state index in [0.717, 1.165) is 18.6 Å². The summed E-state index contributed by atoms with van der Waals surface area (Å²) in [7, 11) is -4.24. The number of hydrogen-bond donors (Lipinski definition) is 3. The third-order valence-electron chi connectivity index (χ3n) is 3.31. The van der Waals surface area contributed by atoms with Gasteiger partial charge in [-0.1, -0.05) is 31.9 Å². The maximum absolute atomic E-state index is 13.6. The first-order valence-corrected chi connectivity index (χ1v) is 8.97. The van der Waals surface area contributed by atoms with Gasteiger partial charge in [-0.2, -0.15) is 4.72 Å². The topological polar surface area (TPSA) is 113 Å². The van der Waals surface area contributed by atoms with Crippen molar-refractivity contribution in [1.82, 2.24) is 10.0 Å². The molecule has 2 unspecified atom stereocenters. The fraction of sp³-hybridized carbons (Fsp3) is 0.467. The SMILES string of the molecule is CCCCC(NC(=O)C(C)NS(=O)(=O)c1ccccc1F)C(=O)O. The number of amides is 1. The van der Waals surface area contributed by atoms with Crippen LogP contribution in [0.25, 0.3) is 0 Å². The highest BCUT2D eigenvalue weighted by Gasteiger charge is 2.27. The van der Waals surface area contributed by atoms with Gasteiger partial charge in [-0.3, -0.25) is 4.79 Å². The molecule has 0 aliphatic carbocycles. The zero-order valence-corrected chi connectivity index (χ0v) is 14.3. The van der Waals surface area contributed by atoms with E-state index >= 15 is 0 Å². The molecule has 1 aromatic carbocycles. The van der Waals surface area contributed by atoms with E-state index in [1.807, 2.05) is 11.6 Å². The number of sulfonamides is 1. The highest BCUT2D eigenvalue weighted by atomic mass is 32.2. The predicted molar refractivity (Wildman–Crippen MR) is 85.3 cm³/mol. The number of benzene rings is 1. The number of nitrogens with one attached hydrogen (secondary N) is 2. The second kappa shape index (κ2) is 8.74. The number of carbonyl (C=O) groups is 2. The van der Waals surface area contributed by atoms with Gasteiger partial charge in [0.1, 0.15) is 16.8 Å². The number of hydrogen-bond acceptors (Lipinski definition) is 4. The Morgan fingerprint density at radius 3 is 2.46 bits per heavy atom. The predicted octanol–water partition coefficient (Wildman–Crippen LogP) is 1.25. The number of halogens is 1. The smallest absolute Gasteiger partial charge is 0.326 e. The minimum absolute atomic E-state index is 0.240. The molecule has 7 nitrogen and oxygen atoms in total. The lowest BCUT2D eigenvalue weighted by Gasteiger charge is -2.18. The highest BCUT2D eigenvalue weighted by molar-refractivity contribution is 7.89. The number of aliphatic carboxylic acids is 1. The number of carbonyl (C=O) groups excluding carboxylic acids is 1. The van der Waals surface area contributed by atoms with Crippen LogP contribution in [0, 0.1) is 5.82 Å². The molecule has 0 aromatic heterocycles. The Balaban J connectivity index is 2.79. The molecule has 0 saturated carbocycles. The van der Waals surface area contributed by atoms with Gasteiger partial charge in [0.05, 0.1) is 6.04 Å². The quantitative estimate of drug-likeness (QED) is 0.613. The van der Waals surface area contributed by atoms with Crippen molar-refractivity contribution >= 4 is 21.9 Å². The largest absolute Gasteiger partial charge is 0.480 e. The molecule has 0 aliphatic rings. The Labute approximate surface area is 140 Å². The van der Waals surface area contributed by atoms with Gasteiger partial charge < -0.3 is 10.4 Å². The summed E-state index contributed by atoms with van der Waals surface area (Å²) in [4.78, 5) is 22.6. The van der Waals surface area contributed by atoms with E-state index in [2.05, 4.69) is 5.32 Å². The number of rotatable bonds is 9. The summed E-state index contributed by atoms with van der Waals surface area (Å²) in [5, 5.41) is 11.4. The van der Waals surface area contributed by atoms with E-state index in [4.69, 9.17) is 5.11 Å². The van der Waals surface area contributed by atoms with Crippen LogP contribution in [0.1, 0.15) is 33.1 Å². The van der Waals surface area contributed by atoms with Crippen LogP contribution in [-0.2, 0) is 19.6 Å². The van der Waals surface area contributed by atoms with Crippen molar-refractivity contribution in [2.75, 3.05) is 0 Å². The van der Waals surface area contributed by atoms with Crippen LogP contribution in [0.3, 0.4) is 0 Å². The average molecular weight is 360 g/mol. The van der Waals surface area contributed by atoms with Crippen LogP contribution < -0.4 is 10.0 Å². The van der Waals surface area contributed by atoms with E-state index in [1.54, 1.807) is 0 Å². The summed E-state index contributed by atoms with van der Waals surface area (Å²) in [6.45, 7) is 3.14. The van der Waals surface area contributed by atoms with Gasteiger partial charge in [-0.05, 0) is 25.5 Å². The molecular weight excluding hydrogens is 339 g/mol. The molecule has 134 valence electrons. The van der Waals surface area contributed by atoms with Crippen LogP contribution in [-0.4, -0.2) is 37.5 Å². The van der Waals surface area contributed by atoms with Crippen LogP contribution in [0.4, 0.5) is 4.39 Å². The molecule has 1 amide bonds. The molecule has 0 heterocycles. The van der Waals surface area contributed by atoms with Crippen LogP contribution in [0.15, 0.2) is 29.2 Å². The summed E-state index contributed by atoms with van der Waals surface area (Å²) in [6, 6.07) is 2.41. The summed E-state index contributed by atoms with van der Waals surface area (Å²) < 4.78 is 39.9. The van der Waals surface area contributed by atoms with Gasteiger partial charge in [-0.15, -0.1) is 0 Å². The Morgan fingerprint density at radius 1 is 1.29 bits per heavy atom. The van der Waals surface area contributed by atoms with Crippen molar-refractivity contribution in [1.29, 1.82) is 0 Å². The van der Waals surface area contributed by atoms with Crippen molar-refractivity contribution in [3.63, 3.8) is 0 Å². The number of unbranched alkanes of at least 4 members (excludes halogenated alkanes) is 1. The molecule has 0 radical (unpaired) electrons. The van der Waals surface area contributed by atoms with E-state index in [1.165, 1.54) is 19.1 Å². The van der Waals surface area contributed by atoms with E-state index in [-0.39, 0.29) is 6.42 Å². The molecule has 9 heteroatoms. The van der Waals surface area contributed by atoms with E-state index < -0.39 is 44.7 Å². The molecule has 3 N–H and O–H groups in total. The maximum Gasteiger partial charge on any atom is 0.326 e. The minimum atomic E-state index is -4.24. The normalized spacial score (nSPS) is 14.0. The molecule has 0 aliphatic heterocycles. The second-order valence-corrected chi connectivity index (χ2v) is 7.00. The van der Waals surface area contributed by atoms with Crippen LogP contribution in [0.2, 0.25) is 0 Å². The van der Waals surface area contributed by atoms with Gasteiger partial charge in [-0.25, -0.2) is 17.6 Å². The van der Waals surface area contributed by atoms with Crippen LogP contribution in [0.5, 0.6) is 0 Å². The first kappa shape index (κ1) is 20.0. The summed E-state index contributed by atoms with van der Waals surface area (Å²) >= 11 is 0. The first-order valence-electron chi connectivity index (χ1n) is 7.49. The van der Waals surface area contributed by atoms with Crippen molar-refractivity contribution in [3.8, 4) is 0 Å². The molecule has 2 atom stereocenters. The molecular formula is C15H21FN2O5S. The number of carboxylic acid groups (broad SMARTS) is 1. The lowest BCUT2D eigenvalue weighted by atomic mass is 10.1. The maximum atomic E-state index is 13.6. The van der Waals surface area contributed by atoms with Crippen molar-refractivity contribution in [3.05, 3.63) is 30.1 Å². The van der Waals surface area contributed by atoms with E-state index in [0.29, 0.717) is 6.42 Å².